The second kappa shape index (κ2) is 10.9. The maximum Gasteiger partial charge on any atom is 0.256 e. The molecule has 2 aliphatic heterocycles. The summed E-state index contributed by atoms with van der Waals surface area (Å²) in [6, 6.07) is 17.2. The molecule has 2 heterocycles. The molecule has 0 saturated carbocycles. The second-order valence-electron chi connectivity index (χ2n) is 9.64. The van der Waals surface area contributed by atoms with E-state index in [1.807, 2.05) is 73.5 Å². The summed E-state index contributed by atoms with van der Waals surface area (Å²) in [6.45, 7) is 5.92. The van der Waals surface area contributed by atoms with Crippen LogP contribution in [0.5, 0.6) is 23.0 Å². The molecule has 0 spiro atoms. The molecule has 1 fully saturated rings. The fraction of sp³-hybridized carbons (Fsp3) is 0.333. The second-order valence-corrected chi connectivity index (χ2v) is 9.64. The van der Waals surface area contributed by atoms with Gasteiger partial charge < -0.3 is 24.8 Å². The molecule has 0 aliphatic carbocycles. The molecule has 0 aromatic heterocycles. The molecule has 3 aromatic rings. The number of aliphatic imine (C=N–C) groups is 1. The molecular weight excluding hydrogens is 466 g/mol. The van der Waals surface area contributed by atoms with Gasteiger partial charge in [0, 0.05) is 24.9 Å². The highest BCUT2D eigenvalue weighted by molar-refractivity contribution is 6.03. The zero-order chi connectivity index (χ0) is 25.8. The smallest absolute Gasteiger partial charge is 0.256 e. The molecular formula is C30H33N3O4. The van der Waals surface area contributed by atoms with E-state index in [9.17, 15) is 4.79 Å². The van der Waals surface area contributed by atoms with Crippen LogP contribution in [0.25, 0.3) is 0 Å². The average Bonchev–Trinajstić information content (AvgIpc) is 3.32. The van der Waals surface area contributed by atoms with Crippen LogP contribution >= 0.6 is 0 Å². The number of anilines is 1. The zero-order valence-corrected chi connectivity index (χ0v) is 21.4. The number of nitrogens with two attached hydrogens (primary N) is 1. The summed E-state index contributed by atoms with van der Waals surface area (Å²) in [7, 11) is 0. The molecule has 37 heavy (non-hydrogen) atoms. The van der Waals surface area contributed by atoms with Gasteiger partial charge in [0.15, 0.2) is 5.75 Å². The van der Waals surface area contributed by atoms with Gasteiger partial charge in [-0.1, -0.05) is 17.7 Å². The van der Waals surface area contributed by atoms with Gasteiger partial charge in [-0.2, -0.15) is 0 Å². The van der Waals surface area contributed by atoms with Crippen molar-refractivity contribution in [1.82, 2.24) is 4.90 Å². The molecule has 1 amide bonds. The van der Waals surface area contributed by atoms with E-state index in [2.05, 4.69) is 4.99 Å². The lowest BCUT2D eigenvalue weighted by atomic mass is 10.1. The first-order valence-electron chi connectivity index (χ1n) is 12.9. The summed E-state index contributed by atoms with van der Waals surface area (Å²) < 4.78 is 17.8. The summed E-state index contributed by atoms with van der Waals surface area (Å²) in [5.74, 6) is 2.89. The molecule has 5 rings (SSSR count). The first kappa shape index (κ1) is 24.7. The molecule has 0 unspecified atom stereocenters. The fourth-order valence-corrected chi connectivity index (χ4v) is 4.65. The topological polar surface area (TPSA) is 86.4 Å². The fourth-order valence-electron chi connectivity index (χ4n) is 4.65. The van der Waals surface area contributed by atoms with Crippen LogP contribution in [-0.4, -0.2) is 42.8 Å². The number of aryl methyl sites for hydroxylation is 2. The third-order valence-electron chi connectivity index (χ3n) is 6.76. The minimum absolute atomic E-state index is 0.0668. The van der Waals surface area contributed by atoms with Crippen molar-refractivity contribution in [1.29, 1.82) is 0 Å². The normalized spacial score (nSPS) is 16.2. The van der Waals surface area contributed by atoms with Gasteiger partial charge >= 0.3 is 0 Å². The minimum Gasteiger partial charge on any atom is -0.494 e. The van der Waals surface area contributed by atoms with Gasteiger partial charge in [-0.25, -0.2) is 0 Å². The Hall–Kier alpha value is -4.00. The maximum atomic E-state index is 12.9. The Morgan fingerprint density at radius 2 is 1.70 bits per heavy atom. The largest absolute Gasteiger partial charge is 0.494 e. The van der Waals surface area contributed by atoms with E-state index in [0.717, 1.165) is 49.3 Å². The summed E-state index contributed by atoms with van der Waals surface area (Å²) in [6.07, 6.45) is 5.58. The Morgan fingerprint density at radius 3 is 2.49 bits per heavy atom. The van der Waals surface area contributed by atoms with Crippen LogP contribution in [0.15, 0.2) is 59.6 Å². The minimum atomic E-state index is 0.0668. The van der Waals surface area contributed by atoms with Crippen LogP contribution in [0.2, 0.25) is 0 Å². The summed E-state index contributed by atoms with van der Waals surface area (Å²) in [5.41, 5.74) is 10.2. The quantitative estimate of drug-likeness (QED) is 0.278. The number of hydrogen-bond acceptors (Lipinski definition) is 6. The summed E-state index contributed by atoms with van der Waals surface area (Å²) in [5, 5.41) is 0. The zero-order valence-electron chi connectivity index (χ0n) is 21.4. The van der Waals surface area contributed by atoms with Crippen molar-refractivity contribution >= 4 is 23.5 Å². The van der Waals surface area contributed by atoms with Crippen molar-refractivity contribution in [3.63, 3.8) is 0 Å². The van der Waals surface area contributed by atoms with Gasteiger partial charge in [0.2, 0.25) is 0 Å². The van der Waals surface area contributed by atoms with E-state index in [1.54, 1.807) is 6.07 Å². The molecule has 1 atom stereocenters. The van der Waals surface area contributed by atoms with E-state index < -0.39 is 0 Å². The van der Waals surface area contributed by atoms with Crippen LogP contribution in [0.1, 0.15) is 47.2 Å². The molecule has 0 radical (unpaired) electrons. The number of carbonyl (C=O) groups is 1. The predicted octanol–water partition coefficient (Wildman–Crippen LogP) is 6.24. The van der Waals surface area contributed by atoms with Crippen molar-refractivity contribution in [3.8, 4) is 23.0 Å². The number of benzene rings is 3. The number of amides is 1. The van der Waals surface area contributed by atoms with E-state index >= 15 is 0 Å². The van der Waals surface area contributed by atoms with Crippen LogP contribution < -0.4 is 19.9 Å². The van der Waals surface area contributed by atoms with Crippen LogP contribution in [0.4, 0.5) is 11.4 Å². The van der Waals surface area contributed by atoms with Gasteiger partial charge in [-0.3, -0.25) is 9.79 Å². The number of unbranched alkanes of at least 4 members (excludes halogenated alkanes) is 1. The van der Waals surface area contributed by atoms with E-state index in [1.165, 1.54) is 5.56 Å². The highest BCUT2D eigenvalue weighted by Gasteiger charge is 2.32. The molecule has 7 heteroatoms. The number of fused-ring (bicyclic) bond motifs is 2. The lowest BCUT2D eigenvalue weighted by Gasteiger charge is -2.20. The Morgan fingerprint density at radius 1 is 0.946 bits per heavy atom. The van der Waals surface area contributed by atoms with Crippen LogP contribution in [0, 0.1) is 13.8 Å². The third kappa shape index (κ3) is 5.71. The number of nitrogens with zero attached hydrogens (tertiary/aromatic N) is 2. The molecule has 3 aromatic carbocycles. The lowest BCUT2D eigenvalue weighted by molar-refractivity contribution is 0.0774. The van der Waals surface area contributed by atoms with Gasteiger partial charge in [0.25, 0.3) is 5.91 Å². The number of rotatable bonds is 9. The standard InChI is InChI=1S/C30H33N3O4/c1-20-7-9-23(10-8-20)37-28-12-11-24(17-26(28)31)35-14-3-4-15-36-29-18-27-25(16-21(29)2)30(34)33-13-5-6-22(33)19-32-27/h7-12,16-19,22H,3-6,13-15,31H2,1-2H3/t22-/m0/s1. The highest BCUT2D eigenvalue weighted by atomic mass is 16.5. The number of nitrogen functional groups attached to an aromatic ring is 1. The van der Waals surface area contributed by atoms with Crippen molar-refractivity contribution in [3.05, 3.63) is 71.3 Å². The monoisotopic (exact) mass is 499 g/mol. The first-order valence-corrected chi connectivity index (χ1v) is 12.9. The molecule has 7 nitrogen and oxygen atoms in total. The molecule has 1 saturated heterocycles. The van der Waals surface area contributed by atoms with Gasteiger partial charge in [-0.05, 0) is 75.4 Å². The highest BCUT2D eigenvalue weighted by Crippen LogP contribution is 2.34. The van der Waals surface area contributed by atoms with Crippen LogP contribution in [-0.2, 0) is 0 Å². The van der Waals surface area contributed by atoms with Crippen molar-refractivity contribution in [2.45, 2.75) is 45.6 Å². The van der Waals surface area contributed by atoms with E-state index in [0.29, 0.717) is 41.7 Å². The van der Waals surface area contributed by atoms with Crippen molar-refractivity contribution in [2.24, 2.45) is 4.99 Å². The Bertz CT molecular complexity index is 1300. The number of ether oxygens (including phenoxy) is 3. The van der Waals surface area contributed by atoms with Crippen LogP contribution in [0.3, 0.4) is 0 Å². The number of hydrogen-bond donors (Lipinski definition) is 1. The number of carbonyl (C=O) groups excluding carboxylic acids is 1. The van der Waals surface area contributed by atoms with Crippen molar-refractivity contribution < 1.29 is 19.0 Å². The van der Waals surface area contributed by atoms with E-state index in [-0.39, 0.29) is 11.9 Å². The molecule has 0 bridgehead atoms. The molecule has 192 valence electrons. The Balaban J connectivity index is 1.08. The lowest BCUT2D eigenvalue weighted by Crippen LogP contribution is -2.35. The SMILES string of the molecule is Cc1ccc(Oc2ccc(OCCCCOc3cc4c(cc3C)C(=O)N3CCC[C@H]3C=N4)cc2N)cc1. The third-order valence-corrected chi connectivity index (χ3v) is 6.76. The Labute approximate surface area is 217 Å². The van der Waals surface area contributed by atoms with Gasteiger partial charge in [-0.15, -0.1) is 0 Å². The summed E-state index contributed by atoms with van der Waals surface area (Å²) in [4.78, 5) is 19.5. The first-order chi connectivity index (χ1) is 18.0. The molecule has 2 N–H and O–H groups in total. The van der Waals surface area contributed by atoms with Gasteiger partial charge in [0.05, 0.1) is 36.2 Å². The van der Waals surface area contributed by atoms with E-state index in [4.69, 9.17) is 19.9 Å². The van der Waals surface area contributed by atoms with Gasteiger partial charge in [0.1, 0.15) is 17.2 Å². The average molecular weight is 500 g/mol. The van der Waals surface area contributed by atoms with Crippen molar-refractivity contribution in [2.75, 3.05) is 25.5 Å². The summed E-state index contributed by atoms with van der Waals surface area (Å²) >= 11 is 0. The molecule has 2 aliphatic rings. The Kier molecular flexibility index (Phi) is 7.30. The maximum absolute atomic E-state index is 12.9. The predicted molar refractivity (Wildman–Crippen MR) is 146 cm³/mol.